The van der Waals surface area contributed by atoms with E-state index >= 15 is 0 Å². The van der Waals surface area contributed by atoms with Gasteiger partial charge in [0, 0.05) is 30.1 Å². The number of urea groups is 1. The van der Waals surface area contributed by atoms with Crippen molar-refractivity contribution < 1.29 is 27.4 Å². The summed E-state index contributed by atoms with van der Waals surface area (Å²) in [6.45, 7) is 3.31. The summed E-state index contributed by atoms with van der Waals surface area (Å²) < 4.78 is 48.0. The first kappa shape index (κ1) is 30.9. The third-order valence-electron chi connectivity index (χ3n) is 6.85. The Morgan fingerprint density at radius 3 is 2.61 bits per heavy atom. The molecule has 2 heterocycles. The SMILES string of the molecule is COc1ccc(N2CCSC2=NC(=O)NCCCCc2cccc(-c3ncn(-c4ccc(OC(F)(F)F)cc4)n3)c2)c(C)c1. The van der Waals surface area contributed by atoms with Crippen molar-refractivity contribution in [2.45, 2.75) is 32.5 Å². The number of aromatic nitrogens is 3. The van der Waals surface area contributed by atoms with Crippen LogP contribution < -0.4 is 19.7 Å². The minimum Gasteiger partial charge on any atom is -0.497 e. The molecule has 1 N–H and O–H groups in total. The Morgan fingerprint density at radius 2 is 1.86 bits per heavy atom. The van der Waals surface area contributed by atoms with Crippen molar-refractivity contribution in [3.05, 3.63) is 84.2 Å². The molecule has 0 saturated carbocycles. The second kappa shape index (κ2) is 13.8. The Hall–Kier alpha value is -4.52. The lowest BCUT2D eigenvalue weighted by molar-refractivity contribution is -0.274. The first-order chi connectivity index (χ1) is 21.2. The lowest BCUT2D eigenvalue weighted by Crippen LogP contribution is -2.28. The molecular weight excluding hydrogens is 593 g/mol. The Kier molecular flexibility index (Phi) is 9.73. The van der Waals surface area contributed by atoms with E-state index < -0.39 is 6.36 Å². The average Bonchev–Trinajstić information content (AvgIpc) is 3.67. The van der Waals surface area contributed by atoms with Crippen LogP contribution in [0.15, 0.2) is 78.0 Å². The van der Waals surface area contributed by atoms with Crippen LogP contribution in [0.4, 0.5) is 23.7 Å². The molecule has 0 atom stereocenters. The zero-order valence-corrected chi connectivity index (χ0v) is 25.0. The number of amides is 2. The third kappa shape index (κ3) is 8.10. The van der Waals surface area contributed by atoms with E-state index in [-0.39, 0.29) is 11.8 Å². The number of aryl methyl sites for hydroxylation is 2. The molecule has 0 unspecified atom stereocenters. The van der Waals surface area contributed by atoms with Crippen molar-refractivity contribution in [3.8, 4) is 28.6 Å². The Bertz CT molecular complexity index is 1620. The fraction of sp³-hybridized carbons (Fsp3) is 0.290. The van der Waals surface area contributed by atoms with Gasteiger partial charge in [-0.1, -0.05) is 30.0 Å². The maximum Gasteiger partial charge on any atom is 0.573 e. The van der Waals surface area contributed by atoms with Crippen LogP contribution in [0, 0.1) is 6.92 Å². The number of thioether (sulfide) groups is 1. The smallest absolute Gasteiger partial charge is 0.497 e. The van der Waals surface area contributed by atoms with Gasteiger partial charge in [0.15, 0.2) is 11.0 Å². The van der Waals surface area contributed by atoms with E-state index in [2.05, 4.69) is 30.0 Å². The van der Waals surface area contributed by atoms with E-state index in [1.54, 1.807) is 18.9 Å². The van der Waals surface area contributed by atoms with E-state index in [1.165, 1.54) is 35.3 Å². The van der Waals surface area contributed by atoms with E-state index in [0.717, 1.165) is 59.7 Å². The van der Waals surface area contributed by atoms with Gasteiger partial charge in [-0.25, -0.2) is 14.5 Å². The van der Waals surface area contributed by atoms with Crippen LogP contribution in [0.3, 0.4) is 0 Å². The number of benzene rings is 3. The van der Waals surface area contributed by atoms with Gasteiger partial charge in [-0.05, 0) is 85.8 Å². The van der Waals surface area contributed by atoms with Crippen molar-refractivity contribution in [2.24, 2.45) is 4.99 Å². The number of unbranched alkanes of at least 4 members (excludes halogenated alkanes) is 1. The fourth-order valence-electron chi connectivity index (χ4n) is 4.74. The number of aliphatic imine (C=N–C) groups is 1. The van der Waals surface area contributed by atoms with Gasteiger partial charge in [0.1, 0.15) is 17.8 Å². The number of carbonyl (C=O) groups excluding carboxylic acids is 1. The first-order valence-electron chi connectivity index (χ1n) is 14.0. The summed E-state index contributed by atoms with van der Waals surface area (Å²) in [7, 11) is 1.64. The highest BCUT2D eigenvalue weighted by Crippen LogP contribution is 2.31. The molecule has 230 valence electrons. The summed E-state index contributed by atoms with van der Waals surface area (Å²) in [5.74, 6) is 1.85. The number of alkyl halides is 3. The highest BCUT2D eigenvalue weighted by Gasteiger charge is 2.31. The maximum absolute atomic E-state index is 12.5. The summed E-state index contributed by atoms with van der Waals surface area (Å²) in [5.41, 5.74) is 4.55. The van der Waals surface area contributed by atoms with Crippen LogP contribution in [-0.2, 0) is 6.42 Å². The number of rotatable bonds is 10. The molecule has 3 aromatic carbocycles. The highest BCUT2D eigenvalue weighted by atomic mass is 32.2. The van der Waals surface area contributed by atoms with Crippen LogP contribution >= 0.6 is 11.8 Å². The molecule has 1 aliphatic heterocycles. The molecule has 1 aliphatic rings. The molecule has 44 heavy (non-hydrogen) atoms. The summed E-state index contributed by atoms with van der Waals surface area (Å²) >= 11 is 1.56. The highest BCUT2D eigenvalue weighted by molar-refractivity contribution is 8.14. The molecule has 13 heteroatoms. The van der Waals surface area contributed by atoms with Gasteiger partial charge < -0.3 is 19.7 Å². The zero-order chi connectivity index (χ0) is 31.1. The van der Waals surface area contributed by atoms with Gasteiger partial charge in [0.25, 0.3) is 0 Å². The Labute approximate surface area is 257 Å². The molecule has 0 aliphatic carbocycles. The normalized spacial score (nSPS) is 14.2. The second-order valence-corrected chi connectivity index (χ2v) is 11.1. The molecule has 5 rings (SSSR count). The van der Waals surface area contributed by atoms with Crippen molar-refractivity contribution in [1.29, 1.82) is 0 Å². The monoisotopic (exact) mass is 624 g/mol. The number of hydrogen-bond donors (Lipinski definition) is 1. The van der Waals surface area contributed by atoms with E-state index in [9.17, 15) is 18.0 Å². The standard InChI is InChI=1S/C31H31F3N6O3S/c1-21-18-26(42-2)13-14-27(21)39-16-17-44-30(39)37-29(41)35-15-4-3-6-22-7-5-8-23(19-22)28-36-20-40(38-28)24-9-11-25(12-10-24)43-31(32,33)34/h5,7-14,18-20H,3-4,6,15-17H2,1-2H3,(H,35,41). The van der Waals surface area contributed by atoms with Crippen LogP contribution in [-0.4, -0.2) is 58.3 Å². The summed E-state index contributed by atoms with van der Waals surface area (Å²) in [6.07, 6.45) is -0.781. The molecule has 1 fully saturated rings. The molecule has 1 saturated heterocycles. The number of amidine groups is 1. The fourth-order valence-corrected chi connectivity index (χ4v) is 5.69. The topological polar surface area (TPSA) is 93.9 Å². The van der Waals surface area contributed by atoms with Crippen molar-refractivity contribution >= 4 is 28.6 Å². The van der Waals surface area contributed by atoms with Gasteiger partial charge in [0.2, 0.25) is 0 Å². The largest absolute Gasteiger partial charge is 0.573 e. The Balaban J connectivity index is 1.10. The van der Waals surface area contributed by atoms with Crippen LogP contribution in [0.5, 0.6) is 11.5 Å². The molecular formula is C31H31F3N6O3S. The summed E-state index contributed by atoms with van der Waals surface area (Å²) in [5, 5.41) is 8.07. The number of methoxy groups -OCH3 is 1. The molecule has 2 amide bonds. The summed E-state index contributed by atoms with van der Waals surface area (Å²) in [4.78, 5) is 23.3. The molecule has 0 radical (unpaired) electrons. The predicted octanol–water partition coefficient (Wildman–Crippen LogP) is 6.79. The van der Waals surface area contributed by atoms with Gasteiger partial charge in [-0.15, -0.1) is 18.3 Å². The van der Waals surface area contributed by atoms with E-state index in [1.807, 2.05) is 49.4 Å². The van der Waals surface area contributed by atoms with Crippen molar-refractivity contribution in [3.63, 3.8) is 0 Å². The quantitative estimate of drug-likeness (QED) is 0.194. The number of halogens is 3. The minimum atomic E-state index is -4.75. The molecule has 1 aromatic heterocycles. The maximum atomic E-state index is 12.5. The van der Waals surface area contributed by atoms with Crippen LogP contribution in [0.25, 0.3) is 17.1 Å². The zero-order valence-electron chi connectivity index (χ0n) is 24.2. The molecule has 0 spiro atoms. The van der Waals surface area contributed by atoms with Crippen LogP contribution in [0.2, 0.25) is 0 Å². The van der Waals surface area contributed by atoms with Gasteiger partial charge in [0.05, 0.1) is 12.8 Å². The van der Waals surface area contributed by atoms with Crippen molar-refractivity contribution in [2.75, 3.05) is 30.9 Å². The molecule has 0 bridgehead atoms. The van der Waals surface area contributed by atoms with E-state index in [0.29, 0.717) is 23.2 Å². The lowest BCUT2D eigenvalue weighted by atomic mass is 10.0. The van der Waals surface area contributed by atoms with E-state index in [4.69, 9.17) is 4.74 Å². The number of nitrogens with one attached hydrogen (secondary N) is 1. The average molecular weight is 625 g/mol. The Morgan fingerprint density at radius 1 is 1.07 bits per heavy atom. The number of nitrogens with zero attached hydrogens (tertiary/aromatic N) is 5. The third-order valence-corrected chi connectivity index (χ3v) is 7.81. The van der Waals surface area contributed by atoms with Crippen LogP contribution in [0.1, 0.15) is 24.0 Å². The lowest BCUT2D eigenvalue weighted by Gasteiger charge is -2.20. The number of ether oxygens (including phenoxy) is 2. The molecule has 4 aromatic rings. The number of carbonyl (C=O) groups is 1. The van der Waals surface area contributed by atoms with Gasteiger partial charge in [-0.3, -0.25) is 0 Å². The minimum absolute atomic E-state index is 0.304. The number of anilines is 1. The van der Waals surface area contributed by atoms with Crippen molar-refractivity contribution in [1.82, 2.24) is 20.1 Å². The predicted molar refractivity (Wildman–Crippen MR) is 165 cm³/mol. The first-order valence-corrected chi connectivity index (χ1v) is 15.0. The number of hydrogen-bond acceptors (Lipinski definition) is 6. The van der Waals surface area contributed by atoms with Gasteiger partial charge >= 0.3 is 12.4 Å². The van der Waals surface area contributed by atoms with Gasteiger partial charge in [-0.2, -0.15) is 4.99 Å². The molecule has 9 nitrogen and oxygen atoms in total. The second-order valence-electron chi connectivity index (χ2n) is 9.99. The summed E-state index contributed by atoms with van der Waals surface area (Å²) in [6, 6.07) is 18.8.